The van der Waals surface area contributed by atoms with Crippen molar-refractivity contribution >= 4 is 23.2 Å². The Morgan fingerprint density at radius 3 is 2.48 bits per heavy atom. The predicted molar refractivity (Wildman–Crippen MR) is 89.6 cm³/mol. The standard InChI is InChI=1S/C18H19NO3S/c20-17(16-7-4-12-23-16)15-8-10-19(11-9-15)18(21)22-13-14-5-2-1-3-6-14/h1-7,12,15H,8-11,13H2. The first-order chi connectivity index (χ1) is 11.2. The lowest BCUT2D eigenvalue weighted by molar-refractivity contribution is 0.0715. The van der Waals surface area contributed by atoms with Crippen molar-refractivity contribution < 1.29 is 14.3 Å². The minimum atomic E-state index is -0.295. The van der Waals surface area contributed by atoms with Crippen LogP contribution in [0.1, 0.15) is 28.1 Å². The minimum Gasteiger partial charge on any atom is -0.445 e. The molecule has 0 atom stereocenters. The van der Waals surface area contributed by atoms with E-state index >= 15 is 0 Å². The highest BCUT2D eigenvalue weighted by Gasteiger charge is 2.28. The van der Waals surface area contributed by atoms with E-state index in [1.165, 1.54) is 11.3 Å². The number of hydrogen-bond donors (Lipinski definition) is 0. The molecule has 120 valence electrons. The molecule has 3 rings (SSSR count). The van der Waals surface area contributed by atoms with Crippen molar-refractivity contribution in [1.82, 2.24) is 4.90 Å². The van der Waals surface area contributed by atoms with Gasteiger partial charge < -0.3 is 9.64 Å². The fraction of sp³-hybridized carbons (Fsp3) is 0.333. The summed E-state index contributed by atoms with van der Waals surface area (Å²) in [6.07, 6.45) is 1.12. The maximum atomic E-state index is 12.3. The Morgan fingerprint density at radius 1 is 1.09 bits per heavy atom. The van der Waals surface area contributed by atoms with E-state index in [4.69, 9.17) is 4.74 Å². The third-order valence-corrected chi connectivity index (χ3v) is 4.98. The van der Waals surface area contributed by atoms with Crippen molar-refractivity contribution in [2.75, 3.05) is 13.1 Å². The van der Waals surface area contributed by atoms with Gasteiger partial charge in [0.05, 0.1) is 4.88 Å². The quantitative estimate of drug-likeness (QED) is 0.797. The van der Waals surface area contributed by atoms with E-state index in [0.29, 0.717) is 25.9 Å². The second kappa shape index (κ2) is 7.42. The number of nitrogens with zero attached hydrogens (tertiary/aromatic N) is 1. The molecule has 0 spiro atoms. The number of benzene rings is 1. The van der Waals surface area contributed by atoms with Gasteiger partial charge in [-0.15, -0.1) is 11.3 Å². The van der Waals surface area contributed by atoms with E-state index in [1.54, 1.807) is 4.90 Å². The Morgan fingerprint density at radius 2 is 1.83 bits per heavy atom. The number of carbonyl (C=O) groups is 2. The van der Waals surface area contributed by atoms with E-state index < -0.39 is 0 Å². The fourth-order valence-electron chi connectivity index (χ4n) is 2.75. The molecule has 0 bridgehead atoms. The van der Waals surface area contributed by atoms with Gasteiger partial charge >= 0.3 is 6.09 Å². The molecule has 2 aromatic rings. The number of hydrogen-bond acceptors (Lipinski definition) is 4. The number of carbonyl (C=O) groups excluding carboxylic acids is 2. The third kappa shape index (κ3) is 3.99. The van der Waals surface area contributed by atoms with Gasteiger partial charge in [0.2, 0.25) is 0 Å². The first kappa shape index (κ1) is 15.7. The molecule has 4 nitrogen and oxygen atoms in total. The van der Waals surface area contributed by atoms with Crippen molar-refractivity contribution in [3.63, 3.8) is 0 Å². The summed E-state index contributed by atoms with van der Waals surface area (Å²) in [4.78, 5) is 26.9. The van der Waals surface area contributed by atoms with Crippen LogP contribution in [0.25, 0.3) is 0 Å². The maximum absolute atomic E-state index is 12.3. The first-order valence-electron chi connectivity index (χ1n) is 7.77. The zero-order chi connectivity index (χ0) is 16.1. The minimum absolute atomic E-state index is 0.0202. The van der Waals surface area contributed by atoms with Gasteiger partial charge in [0, 0.05) is 19.0 Å². The molecule has 1 amide bonds. The van der Waals surface area contributed by atoms with Crippen LogP contribution in [0.15, 0.2) is 47.8 Å². The lowest BCUT2D eigenvalue weighted by atomic mass is 9.92. The third-order valence-electron chi connectivity index (χ3n) is 4.09. The number of thiophene rings is 1. The van der Waals surface area contributed by atoms with Gasteiger partial charge in [0.25, 0.3) is 0 Å². The van der Waals surface area contributed by atoms with Gasteiger partial charge in [-0.05, 0) is 29.9 Å². The second-order valence-electron chi connectivity index (χ2n) is 5.64. The van der Waals surface area contributed by atoms with Gasteiger partial charge in [-0.1, -0.05) is 36.4 Å². The lowest BCUT2D eigenvalue weighted by Gasteiger charge is -2.30. The summed E-state index contributed by atoms with van der Waals surface area (Å²) in [6, 6.07) is 13.4. The predicted octanol–water partition coefficient (Wildman–Crippen LogP) is 3.98. The summed E-state index contributed by atoms with van der Waals surface area (Å²) < 4.78 is 5.34. The number of piperidine rings is 1. The summed E-state index contributed by atoms with van der Waals surface area (Å²) in [5.74, 6) is 0.226. The van der Waals surface area contributed by atoms with E-state index in [1.807, 2.05) is 47.8 Å². The Bertz CT molecular complexity index is 646. The van der Waals surface area contributed by atoms with Gasteiger partial charge in [-0.2, -0.15) is 0 Å². The average molecular weight is 329 g/mol. The number of amides is 1. The van der Waals surface area contributed by atoms with E-state index in [9.17, 15) is 9.59 Å². The summed E-state index contributed by atoms with van der Waals surface area (Å²) in [7, 11) is 0. The highest BCUT2D eigenvalue weighted by Crippen LogP contribution is 2.24. The average Bonchev–Trinajstić information content (AvgIpc) is 3.15. The molecule has 0 aliphatic carbocycles. The highest BCUT2D eigenvalue weighted by atomic mass is 32.1. The van der Waals surface area contributed by atoms with Crippen LogP contribution in [0.2, 0.25) is 0 Å². The Kier molecular flexibility index (Phi) is 5.08. The smallest absolute Gasteiger partial charge is 0.410 e. The van der Waals surface area contributed by atoms with Gasteiger partial charge in [0.15, 0.2) is 5.78 Å². The SMILES string of the molecule is O=C(c1cccs1)C1CCN(C(=O)OCc2ccccc2)CC1. The Labute approximate surface area is 139 Å². The molecule has 23 heavy (non-hydrogen) atoms. The molecular weight excluding hydrogens is 310 g/mol. The Balaban J connectivity index is 1.47. The van der Waals surface area contributed by atoms with Crippen molar-refractivity contribution in [3.05, 3.63) is 58.3 Å². The Hall–Kier alpha value is -2.14. The van der Waals surface area contributed by atoms with Crippen LogP contribution in [-0.2, 0) is 11.3 Å². The topological polar surface area (TPSA) is 46.6 Å². The van der Waals surface area contributed by atoms with Crippen LogP contribution in [0.5, 0.6) is 0 Å². The molecule has 1 aliphatic heterocycles. The van der Waals surface area contributed by atoms with Gasteiger partial charge in [0.1, 0.15) is 6.61 Å². The molecular formula is C18H19NO3S. The molecule has 1 aromatic heterocycles. The van der Waals surface area contributed by atoms with E-state index in [2.05, 4.69) is 0 Å². The zero-order valence-electron chi connectivity index (χ0n) is 12.8. The number of likely N-dealkylation sites (tertiary alicyclic amines) is 1. The molecule has 1 fully saturated rings. The van der Waals surface area contributed by atoms with Gasteiger partial charge in [-0.3, -0.25) is 4.79 Å². The fourth-order valence-corrected chi connectivity index (χ4v) is 3.50. The largest absolute Gasteiger partial charge is 0.445 e. The second-order valence-corrected chi connectivity index (χ2v) is 6.59. The molecule has 0 unspecified atom stereocenters. The van der Waals surface area contributed by atoms with E-state index in [0.717, 1.165) is 10.4 Å². The molecule has 1 aliphatic rings. The van der Waals surface area contributed by atoms with Crippen molar-refractivity contribution in [1.29, 1.82) is 0 Å². The molecule has 0 radical (unpaired) electrons. The number of ketones is 1. The first-order valence-corrected chi connectivity index (χ1v) is 8.65. The van der Waals surface area contributed by atoms with E-state index in [-0.39, 0.29) is 24.4 Å². The lowest BCUT2D eigenvalue weighted by Crippen LogP contribution is -2.40. The van der Waals surface area contributed by atoms with Crippen LogP contribution in [0.4, 0.5) is 4.79 Å². The number of rotatable bonds is 4. The summed E-state index contributed by atoms with van der Waals surface area (Å²) in [6.45, 7) is 1.44. The van der Waals surface area contributed by atoms with Crippen LogP contribution < -0.4 is 0 Å². The summed E-state index contributed by atoms with van der Waals surface area (Å²) in [5, 5.41) is 1.92. The van der Waals surface area contributed by atoms with Crippen LogP contribution in [0.3, 0.4) is 0 Å². The molecule has 1 saturated heterocycles. The molecule has 1 aromatic carbocycles. The van der Waals surface area contributed by atoms with Crippen LogP contribution in [0, 0.1) is 5.92 Å². The zero-order valence-corrected chi connectivity index (χ0v) is 13.6. The van der Waals surface area contributed by atoms with Gasteiger partial charge in [-0.25, -0.2) is 4.79 Å². The van der Waals surface area contributed by atoms with Crippen LogP contribution >= 0.6 is 11.3 Å². The molecule has 5 heteroatoms. The van der Waals surface area contributed by atoms with Crippen molar-refractivity contribution in [2.45, 2.75) is 19.4 Å². The summed E-state index contributed by atoms with van der Waals surface area (Å²) >= 11 is 1.48. The number of ether oxygens (including phenoxy) is 1. The monoisotopic (exact) mass is 329 g/mol. The van der Waals surface area contributed by atoms with Crippen molar-refractivity contribution in [3.8, 4) is 0 Å². The summed E-state index contributed by atoms with van der Waals surface area (Å²) in [5.41, 5.74) is 0.976. The molecule has 0 saturated carbocycles. The highest BCUT2D eigenvalue weighted by molar-refractivity contribution is 7.12. The van der Waals surface area contributed by atoms with Crippen LogP contribution in [-0.4, -0.2) is 29.9 Å². The van der Waals surface area contributed by atoms with Crippen molar-refractivity contribution in [2.24, 2.45) is 5.92 Å². The number of Topliss-reactive ketones (excluding diaryl/α,β-unsaturated/α-hetero) is 1. The molecule has 2 heterocycles. The maximum Gasteiger partial charge on any atom is 0.410 e. The normalized spacial score (nSPS) is 15.4. The molecule has 0 N–H and O–H groups in total.